The van der Waals surface area contributed by atoms with Crippen LogP contribution < -0.4 is 14.8 Å². The Morgan fingerprint density at radius 1 is 0.800 bits per heavy atom. The zero-order valence-corrected chi connectivity index (χ0v) is 33.2. The highest BCUT2D eigenvalue weighted by Crippen LogP contribution is 2.36. The molecule has 0 aliphatic rings. The van der Waals surface area contributed by atoms with Gasteiger partial charge in [0.25, 0.3) is 0 Å². The summed E-state index contributed by atoms with van der Waals surface area (Å²) in [5, 5.41) is 13.9. The molecule has 2 N–H and O–H groups in total. The summed E-state index contributed by atoms with van der Waals surface area (Å²) < 4.78 is 14.1. The third-order valence-electron chi connectivity index (χ3n) is 9.38. The molecule has 2 unspecified atom stereocenters. The van der Waals surface area contributed by atoms with Crippen LogP contribution in [-0.4, -0.2) is 55.7 Å². The Morgan fingerprint density at radius 3 is 1.92 bits per heavy atom. The van der Waals surface area contributed by atoms with Crippen molar-refractivity contribution in [2.75, 3.05) is 37.5 Å². The highest BCUT2D eigenvalue weighted by atomic mass is 31.2. The lowest BCUT2D eigenvalue weighted by Crippen LogP contribution is -2.46. The van der Waals surface area contributed by atoms with Crippen molar-refractivity contribution in [2.45, 2.75) is 142 Å². The summed E-state index contributed by atoms with van der Waals surface area (Å²) in [5.74, 6) is -0.0607. The molecule has 50 heavy (non-hydrogen) atoms. The first-order valence-corrected chi connectivity index (χ1v) is 22.6. The maximum absolute atomic E-state index is 13.2. The molecule has 6 nitrogen and oxygen atoms in total. The van der Waals surface area contributed by atoms with E-state index in [0.717, 1.165) is 68.2 Å². The summed E-state index contributed by atoms with van der Waals surface area (Å²) in [7, 11) is -1.96. The zero-order valence-electron chi connectivity index (χ0n) is 32.3. The summed E-state index contributed by atoms with van der Waals surface area (Å²) in [6, 6.07) is 12.3. The number of carbonyl (C=O) groups excluding carboxylic acids is 1. The molecule has 0 aliphatic heterocycles. The van der Waals surface area contributed by atoms with Crippen molar-refractivity contribution in [1.29, 1.82) is 0 Å². The number of benzene rings is 1. The Morgan fingerprint density at radius 2 is 1.36 bits per heavy atom. The molecule has 0 fully saturated rings. The van der Waals surface area contributed by atoms with E-state index in [2.05, 4.69) is 95.7 Å². The molecule has 0 spiro atoms. The van der Waals surface area contributed by atoms with Crippen LogP contribution in [0.3, 0.4) is 0 Å². The second-order valence-electron chi connectivity index (χ2n) is 14.5. The number of allylic oxidation sites excluding steroid dienone is 1. The first kappa shape index (κ1) is 43.5. The predicted octanol–water partition coefficient (Wildman–Crippen LogP) is 10.3. The highest BCUT2D eigenvalue weighted by molar-refractivity contribution is 7.62. The normalized spacial score (nSPS) is 13.2. The number of hydrogen-bond donors (Lipinski definition) is 2. The van der Waals surface area contributed by atoms with Crippen LogP contribution in [0.2, 0.25) is 0 Å². The van der Waals surface area contributed by atoms with Crippen LogP contribution >= 0.6 is 7.14 Å². The van der Waals surface area contributed by atoms with Crippen molar-refractivity contribution in [3.63, 3.8) is 0 Å². The number of unbranched alkanes of at least 4 members (excludes halogenated alkanes) is 12. The Balaban J connectivity index is 1.79. The van der Waals surface area contributed by atoms with Gasteiger partial charge in [0.2, 0.25) is 5.91 Å². The van der Waals surface area contributed by atoms with Gasteiger partial charge in [-0.15, -0.1) is 0 Å². The van der Waals surface area contributed by atoms with Gasteiger partial charge >= 0.3 is 0 Å². The van der Waals surface area contributed by atoms with E-state index in [-0.39, 0.29) is 18.5 Å². The topological polar surface area (TPSA) is 73.5 Å². The molecule has 0 saturated heterocycles. The van der Waals surface area contributed by atoms with Gasteiger partial charge in [0, 0.05) is 36.9 Å². The molecule has 0 bridgehead atoms. The van der Waals surface area contributed by atoms with Gasteiger partial charge in [0.15, 0.2) is 12.4 Å². The molecule has 1 aromatic heterocycles. The van der Waals surface area contributed by atoms with Crippen LogP contribution in [0.15, 0.2) is 60.9 Å². The van der Waals surface area contributed by atoms with Crippen LogP contribution in [0.4, 0.5) is 5.69 Å². The molecule has 1 aromatic carbocycles. The van der Waals surface area contributed by atoms with Gasteiger partial charge in [0.05, 0.1) is 25.8 Å². The van der Waals surface area contributed by atoms with Gasteiger partial charge in [-0.3, -0.25) is 4.79 Å². The molecule has 280 valence electrons. The lowest BCUT2D eigenvalue weighted by Gasteiger charge is -2.27. The number of nitrogens with one attached hydrogen (secondary N) is 1. The molecule has 2 rings (SSSR count). The summed E-state index contributed by atoms with van der Waals surface area (Å²) in [5.41, 5.74) is 3.25. The minimum absolute atomic E-state index is 0.0607. The summed E-state index contributed by atoms with van der Waals surface area (Å²) in [6.45, 7) is 12.1. The first-order chi connectivity index (χ1) is 24.1. The van der Waals surface area contributed by atoms with Crippen LogP contribution in [0, 0.1) is 0 Å². The van der Waals surface area contributed by atoms with Gasteiger partial charge in [0.1, 0.15) is 6.54 Å². The lowest BCUT2D eigenvalue weighted by molar-refractivity contribution is -0.696. The van der Waals surface area contributed by atoms with Gasteiger partial charge in [-0.1, -0.05) is 128 Å². The van der Waals surface area contributed by atoms with Crippen molar-refractivity contribution in [1.82, 2.24) is 5.32 Å². The average Bonchev–Trinajstić information content (AvgIpc) is 3.10. The molecule has 0 radical (unpaired) electrons. The number of hydrogen-bond acceptors (Lipinski definition) is 4. The van der Waals surface area contributed by atoms with E-state index >= 15 is 0 Å². The number of nitrogens with zero attached hydrogens (tertiary/aromatic N) is 2. The van der Waals surface area contributed by atoms with Gasteiger partial charge in [-0.25, -0.2) is 4.57 Å². The zero-order chi connectivity index (χ0) is 36.5. The van der Waals surface area contributed by atoms with E-state index in [1.807, 2.05) is 26.3 Å². The Kier molecular flexibility index (Phi) is 22.7. The fourth-order valence-corrected chi connectivity index (χ4v) is 7.05. The third-order valence-corrected chi connectivity index (χ3v) is 10.8. The number of aliphatic hydroxyl groups is 1. The van der Waals surface area contributed by atoms with E-state index in [4.69, 9.17) is 0 Å². The molecule has 2 aromatic rings. The van der Waals surface area contributed by atoms with Crippen molar-refractivity contribution < 1.29 is 19.0 Å². The van der Waals surface area contributed by atoms with E-state index in [0.29, 0.717) is 6.42 Å². The van der Waals surface area contributed by atoms with Gasteiger partial charge in [-0.05, 0) is 62.3 Å². The Labute approximate surface area is 306 Å². The van der Waals surface area contributed by atoms with E-state index < -0.39 is 13.2 Å². The number of pyridine rings is 1. The summed E-state index contributed by atoms with van der Waals surface area (Å²) in [4.78, 5) is 15.3. The van der Waals surface area contributed by atoms with Crippen LogP contribution in [-0.2, 0) is 15.9 Å². The summed E-state index contributed by atoms with van der Waals surface area (Å²) in [6.07, 6.45) is 31.7. The second-order valence-corrected chi connectivity index (χ2v) is 18.1. The van der Waals surface area contributed by atoms with Crippen molar-refractivity contribution >= 4 is 30.9 Å². The second kappa shape index (κ2) is 26.1. The minimum atomic E-state index is -1.96. The fourth-order valence-electron chi connectivity index (χ4n) is 6.15. The molecular weight excluding hydrogens is 637 g/mol. The number of anilines is 1. The minimum Gasteiger partial charge on any atom is -0.387 e. The number of aryl methyl sites for hydroxylation is 1. The Bertz CT molecular complexity index is 1270. The van der Waals surface area contributed by atoms with Crippen LogP contribution in [0.5, 0.6) is 0 Å². The maximum Gasteiger partial charge on any atom is 0.239 e. The molecule has 1 heterocycles. The fraction of sp³-hybridized carbons (Fsp3) is 0.628. The van der Waals surface area contributed by atoms with Crippen LogP contribution in [0.25, 0.3) is 12.2 Å². The number of aromatic nitrogens is 1. The van der Waals surface area contributed by atoms with Gasteiger partial charge < -0.3 is 19.9 Å². The molecule has 1 amide bonds. The average molecular weight is 709 g/mol. The standard InChI is InChI=1S/C43H70N3O3P/c1-6-9-11-12-13-14-15-16-17-18-19-20-21-23-42(47)41(8-3)44-43(48)37-46(33-10-7-2)40-28-26-38(27-29-40)24-25-39-30-34-45(35-31-39)32-22-36-50(4,5)49/h21,23-31,34-35,41-42,47H,6-20,22,32-33,36-37H2,1-5H3/p+1/b23-21+. The first-order valence-electron chi connectivity index (χ1n) is 19.9. The molecule has 2 atom stereocenters. The van der Waals surface area contributed by atoms with E-state index in [1.54, 1.807) is 0 Å². The number of rotatable bonds is 28. The smallest absolute Gasteiger partial charge is 0.239 e. The molecule has 0 saturated carbocycles. The largest absolute Gasteiger partial charge is 0.387 e. The molecular formula is C43H71N3O3P+. The number of aliphatic hydroxyl groups excluding tert-OH is 1. The highest BCUT2D eigenvalue weighted by Gasteiger charge is 2.19. The van der Waals surface area contributed by atoms with Crippen molar-refractivity contribution in [3.8, 4) is 0 Å². The van der Waals surface area contributed by atoms with E-state index in [1.165, 1.54) is 64.2 Å². The van der Waals surface area contributed by atoms with Crippen molar-refractivity contribution in [3.05, 3.63) is 72.1 Å². The number of carbonyl (C=O) groups is 1. The number of amides is 1. The quantitative estimate of drug-likeness (QED) is 0.0400. The Hall–Kier alpha value is -2.69. The van der Waals surface area contributed by atoms with Gasteiger partial charge in [-0.2, -0.15) is 0 Å². The lowest BCUT2D eigenvalue weighted by atomic mass is 10.0. The van der Waals surface area contributed by atoms with Crippen molar-refractivity contribution in [2.24, 2.45) is 0 Å². The SMILES string of the molecule is CCCCCCCCCCCCC/C=C/C(O)C(CC)NC(=O)CN(CCCC)c1ccc(C=Cc2cc[n+](CCCP(C)(C)=O)cc2)cc1. The maximum atomic E-state index is 13.2. The summed E-state index contributed by atoms with van der Waals surface area (Å²) >= 11 is 0. The predicted molar refractivity (Wildman–Crippen MR) is 217 cm³/mol. The third kappa shape index (κ3) is 20.2. The molecule has 7 heteroatoms. The molecule has 0 aliphatic carbocycles. The van der Waals surface area contributed by atoms with E-state index in [9.17, 15) is 14.5 Å². The van der Waals surface area contributed by atoms with Crippen LogP contribution in [0.1, 0.15) is 135 Å². The monoisotopic (exact) mass is 709 g/mol.